The number of alkyl halides is 2. The zero-order chi connectivity index (χ0) is 33.2. The van der Waals surface area contributed by atoms with Crippen molar-refractivity contribution in [2.45, 2.75) is 6.92 Å². The van der Waals surface area contributed by atoms with E-state index >= 15 is 0 Å². The molecule has 0 unspecified atom stereocenters. The van der Waals surface area contributed by atoms with Crippen LogP contribution in [0.4, 0.5) is 21.5 Å². The summed E-state index contributed by atoms with van der Waals surface area (Å²) in [6, 6.07) is 21.4. The Hall–Kier alpha value is -3.77. The molecule has 4 N–H and O–H groups in total. The van der Waals surface area contributed by atoms with Crippen molar-refractivity contribution in [1.29, 1.82) is 0 Å². The van der Waals surface area contributed by atoms with Crippen LogP contribution in [-0.2, 0) is 34.5 Å². The van der Waals surface area contributed by atoms with E-state index in [1.807, 2.05) is 66.3 Å². The van der Waals surface area contributed by atoms with E-state index < -0.39 is 12.1 Å². The molecule has 0 bridgehead atoms. The van der Waals surface area contributed by atoms with Crippen LogP contribution in [-0.4, -0.2) is 56.2 Å². The van der Waals surface area contributed by atoms with Gasteiger partial charge in [0.2, 0.25) is 0 Å². The molecule has 0 saturated carbocycles. The number of nitrogens with one attached hydrogen (secondary N) is 1. The normalized spacial score (nSPS) is 9.15. The maximum atomic E-state index is 10.5. The molecule has 0 saturated heterocycles. The van der Waals surface area contributed by atoms with E-state index in [2.05, 4.69) is 38.2 Å². The van der Waals surface area contributed by atoms with E-state index in [4.69, 9.17) is 12.2 Å². The molecule has 3 heterocycles. The van der Waals surface area contributed by atoms with Gasteiger partial charge in [-0.25, -0.2) is 0 Å². The molecule has 3 aromatic heterocycles. The largest absolute Gasteiger partial charge is 0.399 e. The van der Waals surface area contributed by atoms with Crippen molar-refractivity contribution in [2.75, 3.05) is 24.4 Å². The van der Waals surface area contributed by atoms with E-state index in [0.717, 1.165) is 27.5 Å². The van der Waals surface area contributed by atoms with Gasteiger partial charge in [0.05, 0.1) is 29.4 Å². The molecule has 0 atom stereocenters. The second kappa shape index (κ2) is 24.5. The van der Waals surface area contributed by atoms with Crippen LogP contribution in [0.15, 0.2) is 91.4 Å². The third-order valence-corrected chi connectivity index (χ3v) is 5.74. The Morgan fingerprint density at radius 3 is 1.78 bits per heavy atom. The first-order valence-electron chi connectivity index (χ1n) is 13.3. The van der Waals surface area contributed by atoms with Crippen LogP contribution in [0.5, 0.6) is 0 Å². The van der Waals surface area contributed by atoms with Gasteiger partial charge >= 0.3 is 0 Å². The summed E-state index contributed by atoms with van der Waals surface area (Å²) in [5, 5.41) is 31.6. The maximum absolute atomic E-state index is 10.5. The van der Waals surface area contributed by atoms with Crippen LogP contribution in [0, 0.1) is 27.7 Å². The smallest absolute Gasteiger partial charge is 0.271 e. The predicted molar refractivity (Wildman–Crippen MR) is 201 cm³/mol. The van der Waals surface area contributed by atoms with Gasteiger partial charge in [0, 0.05) is 102 Å². The number of fused-ring (bicyclic) bond motifs is 3. The fraction of sp³-hybridized carbons (Fsp3) is 0.194. The molecular formula is C31H45BFIN6O5Pd-2. The van der Waals surface area contributed by atoms with Gasteiger partial charge in [-0.05, 0) is 65.1 Å². The molecule has 11 nitrogen and oxygen atoms in total. The molecule has 6 aromatic rings. The van der Waals surface area contributed by atoms with Gasteiger partial charge in [-0.15, -0.1) is 0 Å². The number of aliphatic hydroxyl groups is 1. The monoisotopic (exact) mass is 845 g/mol. The van der Waals surface area contributed by atoms with Crippen LogP contribution >= 0.6 is 22.6 Å². The minimum atomic E-state index is -1.00. The number of benzene rings is 3. The third kappa shape index (κ3) is 13.7. The summed E-state index contributed by atoms with van der Waals surface area (Å²) in [5.41, 5.74) is 9.57. The number of anilines is 1. The molecular weight excluding hydrogens is 800 g/mol. The van der Waals surface area contributed by atoms with Gasteiger partial charge < -0.3 is 32.4 Å². The minimum absolute atomic E-state index is 0. The zero-order valence-corrected chi connectivity index (χ0v) is 29.3. The van der Waals surface area contributed by atoms with Gasteiger partial charge in [-0.2, -0.15) is 0 Å². The SMILES string of the molecule is CCO.CI.Cn1ccc2ccc(N)cc21.Cn1ccc2ccc([N+](=O)[O-])cc21.O=[N+]([O-])c1ccc2cc[nH]c2c1.[2H]CF.[BH4-].[CH3-].[HH].[Pd]. The number of nitrogens with two attached hydrogens (primary N) is 1. The summed E-state index contributed by atoms with van der Waals surface area (Å²) in [7, 11) is 2.88. The van der Waals surface area contributed by atoms with Crippen molar-refractivity contribution < 1.29 is 42.6 Å². The fourth-order valence-electron chi connectivity index (χ4n) is 3.79. The average Bonchev–Trinajstić information content (AvgIpc) is 3.74. The van der Waals surface area contributed by atoms with Gasteiger partial charge in [-0.3, -0.25) is 24.6 Å². The van der Waals surface area contributed by atoms with Crippen LogP contribution in [0.3, 0.4) is 0 Å². The number of nitrogens with zero attached hydrogens (tertiary/aromatic N) is 4. The van der Waals surface area contributed by atoms with Gasteiger partial charge in [0.25, 0.3) is 11.4 Å². The minimum Gasteiger partial charge on any atom is -0.399 e. The van der Waals surface area contributed by atoms with E-state index in [1.54, 1.807) is 31.3 Å². The number of rotatable bonds is 2. The second-order valence-corrected chi connectivity index (χ2v) is 8.49. The van der Waals surface area contributed by atoms with Gasteiger partial charge in [0.15, 0.2) is 0 Å². The molecule has 0 radical (unpaired) electrons. The summed E-state index contributed by atoms with van der Waals surface area (Å²) in [4.78, 5) is 24.9. The molecule has 0 aliphatic carbocycles. The number of halogens is 2. The molecule has 46 heavy (non-hydrogen) atoms. The molecule has 0 aliphatic rings. The number of non-ortho nitro benzene ring substituents is 2. The molecule has 258 valence electrons. The predicted octanol–water partition coefficient (Wildman–Crippen LogP) is 6.80. The Labute approximate surface area is 300 Å². The number of aliphatic hydroxyl groups excluding tert-OH is 1. The Bertz CT molecular complexity index is 1770. The molecule has 0 amide bonds. The number of nitro groups is 2. The number of nitrogen functional groups attached to an aromatic ring is 1. The molecule has 6 rings (SSSR count). The van der Waals surface area contributed by atoms with E-state index in [-0.39, 0.29) is 60.6 Å². The summed E-state index contributed by atoms with van der Waals surface area (Å²) >= 11 is 2.15. The first kappa shape index (κ1) is 44.4. The summed E-state index contributed by atoms with van der Waals surface area (Å²) in [6.45, 7) is 1.93. The number of nitro benzene ring substituents is 2. The first-order chi connectivity index (χ1) is 21.1. The molecule has 0 fully saturated rings. The quantitative estimate of drug-likeness (QED) is 0.0331. The maximum Gasteiger partial charge on any atom is 0.271 e. The van der Waals surface area contributed by atoms with Crippen molar-refractivity contribution in [3.8, 4) is 0 Å². The average molecular weight is 846 g/mol. The first-order valence-corrected chi connectivity index (χ1v) is 14.8. The standard InChI is InChI=1S/C9H8N2O2.C9H10N2.C8H6N2O2.C2H6O.CH3F.CH3I.CH3.BH4.Pd.H2/c1-10-5-4-7-2-3-8(11(12)13)6-9(7)10;1-11-5-4-7-2-3-8(10)6-9(7)11;11-10(12)7-2-1-6-3-4-9-8(6)5-7;1-2-3;2*1-2;;;;/h2-6H,1H3;2-6H,10H2,1H3;1-5,9H;3H,2H2,1H3;2*1H3;1H3;1H4;;1H/q;;;;;;2*-1;;/i;;;;1D;;;;;. The van der Waals surface area contributed by atoms with Crippen molar-refractivity contribution in [3.05, 3.63) is 119 Å². The Balaban J connectivity index is -0.000000263. The Morgan fingerprint density at radius 1 is 0.891 bits per heavy atom. The summed E-state index contributed by atoms with van der Waals surface area (Å²) in [5.74, 6) is 0. The number of hydrogen-bond donors (Lipinski definition) is 3. The van der Waals surface area contributed by atoms with E-state index in [9.17, 15) is 24.6 Å². The number of aromatic nitrogens is 3. The van der Waals surface area contributed by atoms with Gasteiger partial charge in [-0.1, -0.05) is 37.1 Å². The van der Waals surface area contributed by atoms with Crippen LogP contribution in [0.1, 0.15) is 9.72 Å². The van der Waals surface area contributed by atoms with E-state index in [1.165, 1.54) is 29.1 Å². The zero-order valence-electron chi connectivity index (χ0n) is 26.6. The van der Waals surface area contributed by atoms with Crippen LogP contribution in [0.25, 0.3) is 32.7 Å². The number of H-pyrrole nitrogens is 1. The topological polar surface area (TPSA) is 158 Å². The van der Waals surface area contributed by atoms with Crippen LogP contribution < -0.4 is 5.73 Å². The molecule has 0 aliphatic heterocycles. The van der Waals surface area contributed by atoms with Crippen molar-refractivity contribution in [1.82, 2.24) is 14.1 Å². The Morgan fingerprint density at radius 2 is 1.30 bits per heavy atom. The van der Waals surface area contributed by atoms with Crippen LogP contribution in [0.2, 0.25) is 0 Å². The number of aromatic amines is 1. The summed E-state index contributed by atoms with van der Waals surface area (Å²) < 4.78 is 19.4. The molecule has 15 heteroatoms. The van der Waals surface area contributed by atoms with E-state index in [0.29, 0.717) is 0 Å². The fourth-order valence-corrected chi connectivity index (χ4v) is 3.79. The number of hydrogen-bond acceptors (Lipinski definition) is 6. The summed E-state index contributed by atoms with van der Waals surface area (Å²) in [6.07, 6.45) is 5.67. The van der Waals surface area contributed by atoms with Crippen molar-refractivity contribution in [3.63, 3.8) is 0 Å². The molecule has 3 aromatic carbocycles. The van der Waals surface area contributed by atoms with Crippen molar-refractivity contribution in [2.24, 2.45) is 14.1 Å². The molecule has 0 spiro atoms. The third-order valence-electron chi connectivity index (χ3n) is 5.74. The van der Waals surface area contributed by atoms with Gasteiger partial charge in [0.1, 0.15) is 0 Å². The van der Waals surface area contributed by atoms with Crippen molar-refractivity contribution >= 4 is 80.8 Å². The number of aryl methyl sites for hydroxylation is 2. The Kier molecular flexibility index (Phi) is 23.6. The second-order valence-electron chi connectivity index (χ2n) is 8.49.